The number of hydrogen-bond acceptors (Lipinski definition) is 8. The summed E-state index contributed by atoms with van der Waals surface area (Å²) in [6.07, 6.45) is 33.4. The molecule has 1 atom stereocenters. The Morgan fingerprint density at radius 1 is 0.375 bits per heavy atom. The van der Waals surface area contributed by atoms with Gasteiger partial charge >= 0.3 is 59.1 Å². The van der Waals surface area contributed by atoms with E-state index in [1.165, 1.54) is 128 Å². The Morgan fingerprint density at radius 3 is 0.771 bits per heavy atom. The van der Waals surface area contributed by atoms with Gasteiger partial charge in [-0.3, -0.25) is 8.37 Å². The fourth-order valence-electron chi connectivity index (χ4n) is 5.83. The Kier molecular flexibility index (Phi) is 48.8. The smallest absolute Gasteiger partial charge is 0.726 e. The van der Waals surface area contributed by atoms with Crippen LogP contribution in [0.4, 0.5) is 0 Å². The van der Waals surface area contributed by atoms with Gasteiger partial charge in [-0.2, -0.15) is 0 Å². The second-order valence-electron chi connectivity index (χ2n) is 13.3. The standard InChI is InChI=1S/2C18H38O4S.2Na/c1-3-5-7-9-10-11-12-14-16-18(15-13-8-6-4-2)17-22-23(19,20)21;1-3-5-7-9-11-13-15-18(17-22-23(19,20)21)16-14-12-10-8-6-4-2;;/h2*18H,3-17H2,1-2H3,(H,19,20,21);;/q;;2*+1/p-2. The van der Waals surface area contributed by atoms with Crippen LogP contribution in [-0.4, -0.2) is 39.2 Å². The van der Waals surface area contributed by atoms with Crippen molar-refractivity contribution in [3.8, 4) is 0 Å². The molecule has 0 spiro atoms. The molecule has 0 aromatic rings. The van der Waals surface area contributed by atoms with Gasteiger partial charge in [0.1, 0.15) is 0 Å². The van der Waals surface area contributed by atoms with Crippen LogP contribution in [0.3, 0.4) is 0 Å². The zero-order valence-electron chi connectivity index (χ0n) is 32.5. The fourth-order valence-corrected chi connectivity index (χ4v) is 6.55. The zero-order chi connectivity index (χ0) is 34.8. The van der Waals surface area contributed by atoms with Crippen LogP contribution in [0.15, 0.2) is 0 Å². The van der Waals surface area contributed by atoms with Gasteiger partial charge in [0.2, 0.25) is 20.8 Å². The molecule has 12 heteroatoms. The Bertz CT molecular complexity index is 814. The van der Waals surface area contributed by atoms with Crippen LogP contribution in [0.2, 0.25) is 0 Å². The Balaban J connectivity index is -0.000000387. The van der Waals surface area contributed by atoms with E-state index in [9.17, 15) is 25.9 Å². The van der Waals surface area contributed by atoms with Crippen molar-refractivity contribution in [1.82, 2.24) is 0 Å². The van der Waals surface area contributed by atoms with E-state index in [2.05, 4.69) is 36.1 Å². The first kappa shape index (κ1) is 56.5. The van der Waals surface area contributed by atoms with Gasteiger partial charge in [0.05, 0.1) is 13.2 Å². The van der Waals surface area contributed by atoms with Crippen LogP contribution >= 0.6 is 0 Å². The largest absolute Gasteiger partial charge is 1.00 e. The third-order valence-electron chi connectivity index (χ3n) is 8.76. The van der Waals surface area contributed by atoms with Crippen molar-refractivity contribution < 1.29 is 93.4 Å². The maximum Gasteiger partial charge on any atom is 1.00 e. The second kappa shape index (κ2) is 41.5. The number of rotatable bonds is 34. The van der Waals surface area contributed by atoms with Crippen molar-refractivity contribution in [3.05, 3.63) is 0 Å². The molecule has 0 aromatic heterocycles. The third-order valence-corrected chi connectivity index (χ3v) is 9.61. The van der Waals surface area contributed by atoms with Gasteiger partial charge in [0.25, 0.3) is 0 Å². The average molecular weight is 745 g/mol. The number of hydrogen-bond donors (Lipinski definition) is 0. The van der Waals surface area contributed by atoms with E-state index in [0.29, 0.717) is 0 Å². The molecular weight excluding hydrogens is 671 g/mol. The van der Waals surface area contributed by atoms with Crippen LogP contribution in [0, 0.1) is 11.8 Å². The van der Waals surface area contributed by atoms with Crippen molar-refractivity contribution in [2.45, 2.75) is 207 Å². The van der Waals surface area contributed by atoms with Crippen LogP contribution in [0.1, 0.15) is 207 Å². The summed E-state index contributed by atoms with van der Waals surface area (Å²) in [7, 11) is -9.11. The minimum Gasteiger partial charge on any atom is -0.726 e. The molecule has 48 heavy (non-hydrogen) atoms. The van der Waals surface area contributed by atoms with Gasteiger partial charge in [0, 0.05) is 0 Å². The summed E-state index contributed by atoms with van der Waals surface area (Å²) < 4.78 is 72.9. The molecule has 0 bridgehead atoms. The predicted octanol–water partition coefficient (Wildman–Crippen LogP) is 5.17. The first-order valence-corrected chi connectivity index (χ1v) is 21.9. The maximum atomic E-state index is 10.7. The first-order chi connectivity index (χ1) is 22.0. The first-order valence-electron chi connectivity index (χ1n) is 19.2. The van der Waals surface area contributed by atoms with Crippen molar-refractivity contribution in [2.75, 3.05) is 13.2 Å². The maximum absolute atomic E-state index is 10.7. The molecule has 0 aliphatic rings. The molecule has 0 aliphatic heterocycles. The molecule has 0 fully saturated rings. The number of unbranched alkanes of at least 4 members (excludes halogenated alkanes) is 20. The van der Waals surface area contributed by atoms with E-state index in [1.54, 1.807) is 0 Å². The van der Waals surface area contributed by atoms with E-state index in [4.69, 9.17) is 0 Å². The molecule has 280 valence electrons. The minimum atomic E-state index is -4.55. The summed E-state index contributed by atoms with van der Waals surface area (Å²) >= 11 is 0. The summed E-state index contributed by atoms with van der Waals surface area (Å²) in [5, 5.41) is 0. The van der Waals surface area contributed by atoms with Crippen molar-refractivity contribution in [1.29, 1.82) is 0 Å². The van der Waals surface area contributed by atoms with E-state index in [0.717, 1.165) is 51.4 Å². The topological polar surface area (TPSA) is 133 Å². The molecule has 0 saturated carbocycles. The summed E-state index contributed by atoms with van der Waals surface area (Å²) in [6, 6.07) is 0. The van der Waals surface area contributed by atoms with Crippen molar-refractivity contribution in [3.63, 3.8) is 0 Å². The minimum absolute atomic E-state index is 0. The molecule has 8 nitrogen and oxygen atoms in total. The van der Waals surface area contributed by atoms with E-state index < -0.39 is 20.8 Å². The molecular formula is C36H74Na2O8S2. The van der Waals surface area contributed by atoms with E-state index in [1.807, 2.05) is 0 Å². The summed E-state index contributed by atoms with van der Waals surface area (Å²) in [6.45, 7) is 8.94. The molecule has 0 heterocycles. The van der Waals surface area contributed by atoms with E-state index >= 15 is 0 Å². The molecule has 0 aromatic carbocycles. The molecule has 0 amide bonds. The monoisotopic (exact) mass is 744 g/mol. The normalized spacial score (nSPS) is 12.2. The van der Waals surface area contributed by atoms with Crippen molar-refractivity contribution >= 4 is 20.8 Å². The van der Waals surface area contributed by atoms with Crippen LogP contribution in [0.5, 0.6) is 0 Å². The van der Waals surface area contributed by atoms with Crippen LogP contribution in [0.25, 0.3) is 0 Å². The SMILES string of the molecule is CCCCCCCCC(CCCCCCCC)COS(=O)(=O)[O-].CCCCCCCCCCC(CCCCCC)COS(=O)(=O)[O-].[Na+].[Na+]. The molecule has 0 saturated heterocycles. The van der Waals surface area contributed by atoms with Crippen LogP contribution < -0.4 is 59.1 Å². The van der Waals surface area contributed by atoms with Gasteiger partial charge in [-0.1, -0.05) is 182 Å². The Hall–Kier alpha value is 1.74. The van der Waals surface area contributed by atoms with Crippen molar-refractivity contribution in [2.24, 2.45) is 11.8 Å². The molecule has 0 radical (unpaired) electrons. The van der Waals surface area contributed by atoms with Gasteiger partial charge in [0.15, 0.2) is 0 Å². The quantitative estimate of drug-likeness (QED) is 0.0382. The van der Waals surface area contributed by atoms with E-state index in [-0.39, 0.29) is 84.2 Å². The summed E-state index contributed by atoms with van der Waals surface area (Å²) in [4.78, 5) is 0. The summed E-state index contributed by atoms with van der Waals surface area (Å²) in [5.41, 5.74) is 0. The fraction of sp³-hybridized carbons (Fsp3) is 1.00. The predicted molar refractivity (Wildman–Crippen MR) is 190 cm³/mol. The molecule has 0 aliphatic carbocycles. The zero-order valence-corrected chi connectivity index (χ0v) is 38.1. The Labute approximate surface area is 343 Å². The van der Waals surface area contributed by atoms with Crippen LogP contribution in [-0.2, 0) is 29.2 Å². The second-order valence-corrected chi connectivity index (χ2v) is 15.4. The molecule has 0 N–H and O–H groups in total. The van der Waals surface area contributed by atoms with Gasteiger partial charge in [-0.25, -0.2) is 16.8 Å². The Morgan fingerprint density at radius 2 is 0.562 bits per heavy atom. The van der Waals surface area contributed by atoms with Gasteiger partial charge < -0.3 is 9.11 Å². The van der Waals surface area contributed by atoms with Gasteiger partial charge in [-0.05, 0) is 37.5 Å². The van der Waals surface area contributed by atoms with Gasteiger partial charge in [-0.15, -0.1) is 0 Å². The summed E-state index contributed by atoms with van der Waals surface area (Å²) in [5.74, 6) is 0.409. The average Bonchev–Trinajstić information content (AvgIpc) is 3.00. The molecule has 0 rings (SSSR count). The third kappa shape index (κ3) is 49.9. The molecule has 1 unspecified atom stereocenters.